The van der Waals surface area contributed by atoms with Gasteiger partial charge in [0.2, 0.25) is 0 Å². The molecule has 1 heterocycles. The first kappa shape index (κ1) is 14.3. The Hall–Kier alpha value is -1.16. The lowest BCUT2D eigenvalue weighted by Crippen LogP contribution is -2.51. The molecule has 0 aromatic carbocycles. The first-order chi connectivity index (χ1) is 8.81. The number of aliphatic hydroxyl groups is 1. The van der Waals surface area contributed by atoms with Crippen molar-refractivity contribution in [1.29, 1.82) is 0 Å². The van der Waals surface area contributed by atoms with Gasteiger partial charge >= 0.3 is 0 Å². The van der Waals surface area contributed by atoms with Gasteiger partial charge in [-0.05, 0) is 53.4 Å². The minimum atomic E-state index is -0.824. The van der Waals surface area contributed by atoms with E-state index in [1.165, 1.54) is 30.5 Å². The molecular formula is C15H25N3O. The van der Waals surface area contributed by atoms with Gasteiger partial charge in [0.25, 0.3) is 0 Å². The smallest absolute Gasteiger partial charge is 0.133 e. The zero-order chi connectivity index (χ0) is 14.1. The lowest BCUT2D eigenvalue weighted by Gasteiger charge is -2.39. The van der Waals surface area contributed by atoms with Crippen molar-refractivity contribution in [2.24, 2.45) is 0 Å². The zero-order valence-electron chi connectivity index (χ0n) is 12.5. The van der Waals surface area contributed by atoms with Crippen molar-refractivity contribution in [3.63, 3.8) is 0 Å². The second-order valence-corrected chi connectivity index (χ2v) is 6.52. The second kappa shape index (κ2) is 5.08. The monoisotopic (exact) mass is 263 g/mol. The number of anilines is 1. The normalized spacial score (nSPS) is 16.7. The van der Waals surface area contributed by atoms with Gasteiger partial charge in [-0.3, -0.25) is 0 Å². The molecule has 0 bridgehead atoms. The fourth-order valence-electron chi connectivity index (χ4n) is 2.25. The van der Waals surface area contributed by atoms with E-state index < -0.39 is 11.1 Å². The van der Waals surface area contributed by atoms with Crippen LogP contribution in [-0.2, 0) is 12.8 Å². The van der Waals surface area contributed by atoms with Crippen molar-refractivity contribution in [3.05, 3.63) is 17.6 Å². The Morgan fingerprint density at radius 3 is 2.42 bits per heavy atom. The van der Waals surface area contributed by atoms with Crippen molar-refractivity contribution in [2.75, 3.05) is 5.32 Å². The first-order valence-corrected chi connectivity index (χ1v) is 7.14. The van der Waals surface area contributed by atoms with E-state index in [0.29, 0.717) is 0 Å². The highest BCUT2D eigenvalue weighted by molar-refractivity contribution is 5.49. The molecule has 0 radical (unpaired) electrons. The highest BCUT2D eigenvalue weighted by atomic mass is 16.3. The Bertz CT molecular complexity index is 449. The van der Waals surface area contributed by atoms with Crippen molar-refractivity contribution >= 4 is 5.82 Å². The third-order valence-electron chi connectivity index (χ3n) is 4.34. The molecule has 4 nitrogen and oxygen atoms in total. The number of hydrogen-bond acceptors (Lipinski definition) is 4. The lowest BCUT2D eigenvalue weighted by molar-refractivity contribution is 0.0238. The standard InChI is InChI=1S/C15H25N3O/c1-14(2,15(3,4)19)18-13-11-8-6-5-7-9-12(11)16-10-17-13/h10,19H,5-9H2,1-4H3,(H,16,17,18). The molecule has 0 unspecified atom stereocenters. The number of fused-ring (bicyclic) bond motifs is 1. The number of hydrogen-bond donors (Lipinski definition) is 2. The SMILES string of the molecule is CC(C)(O)C(C)(C)Nc1ncnc2c1CCCCC2. The Balaban J connectivity index is 2.31. The van der Waals surface area contributed by atoms with E-state index in [1.807, 2.05) is 27.7 Å². The predicted molar refractivity (Wildman–Crippen MR) is 77.3 cm³/mol. The third-order valence-corrected chi connectivity index (χ3v) is 4.34. The summed E-state index contributed by atoms with van der Waals surface area (Å²) in [6.07, 6.45) is 7.35. The number of nitrogens with zero attached hydrogens (tertiary/aromatic N) is 2. The summed E-state index contributed by atoms with van der Waals surface area (Å²) in [4.78, 5) is 8.82. The van der Waals surface area contributed by atoms with E-state index in [0.717, 1.165) is 18.7 Å². The molecule has 2 rings (SSSR count). The van der Waals surface area contributed by atoms with Crippen molar-refractivity contribution in [3.8, 4) is 0 Å². The van der Waals surface area contributed by atoms with E-state index in [-0.39, 0.29) is 0 Å². The molecule has 0 saturated heterocycles. The molecule has 106 valence electrons. The summed E-state index contributed by atoms with van der Waals surface area (Å²) in [5.74, 6) is 0.888. The van der Waals surface area contributed by atoms with E-state index in [2.05, 4.69) is 15.3 Å². The molecule has 1 aromatic rings. The van der Waals surface area contributed by atoms with Crippen molar-refractivity contribution in [2.45, 2.75) is 70.9 Å². The van der Waals surface area contributed by atoms with Crippen LogP contribution in [0.25, 0.3) is 0 Å². The highest BCUT2D eigenvalue weighted by Gasteiger charge is 2.36. The first-order valence-electron chi connectivity index (χ1n) is 7.14. The molecule has 0 spiro atoms. The van der Waals surface area contributed by atoms with Crippen LogP contribution in [-0.4, -0.2) is 26.2 Å². The van der Waals surface area contributed by atoms with Crippen LogP contribution in [0, 0.1) is 0 Å². The summed E-state index contributed by atoms with van der Waals surface area (Å²) in [5, 5.41) is 13.7. The van der Waals surface area contributed by atoms with Crippen LogP contribution < -0.4 is 5.32 Å². The van der Waals surface area contributed by atoms with Crippen LogP contribution in [0.15, 0.2) is 6.33 Å². The summed E-state index contributed by atoms with van der Waals surface area (Å²) in [6, 6.07) is 0. The lowest BCUT2D eigenvalue weighted by atomic mass is 9.86. The fourth-order valence-corrected chi connectivity index (χ4v) is 2.25. The van der Waals surface area contributed by atoms with E-state index in [1.54, 1.807) is 6.33 Å². The maximum absolute atomic E-state index is 10.3. The maximum Gasteiger partial charge on any atom is 0.133 e. The fraction of sp³-hybridized carbons (Fsp3) is 0.733. The van der Waals surface area contributed by atoms with Gasteiger partial charge in [-0.25, -0.2) is 9.97 Å². The van der Waals surface area contributed by atoms with Crippen molar-refractivity contribution in [1.82, 2.24) is 9.97 Å². The summed E-state index contributed by atoms with van der Waals surface area (Å²) in [7, 11) is 0. The van der Waals surface area contributed by atoms with Gasteiger partial charge < -0.3 is 10.4 Å². The molecule has 1 aromatic heterocycles. The van der Waals surface area contributed by atoms with E-state index in [4.69, 9.17) is 0 Å². The van der Waals surface area contributed by atoms with Gasteiger partial charge in [0.15, 0.2) is 0 Å². The van der Waals surface area contributed by atoms with E-state index in [9.17, 15) is 5.11 Å². The van der Waals surface area contributed by atoms with Crippen LogP contribution in [0.1, 0.15) is 58.2 Å². The minimum absolute atomic E-state index is 0.443. The van der Waals surface area contributed by atoms with Gasteiger partial charge in [-0.2, -0.15) is 0 Å². The van der Waals surface area contributed by atoms with Crippen molar-refractivity contribution < 1.29 is 5.11 Å². The molecule has 2 N–H and O–H groups in total. The topological polar surface area (TPSA) is 58.0 Å². The van der Waals surface area contributed by atoms with Gasteiger partial charge in [0.1, 0.15) is 12.1 Å². The Kier molecular flexibility index (Phi) is 3.81. The van der Waals surface area contributed by atoms with Gasteiger partial charge in [0.05, 0.1) is 11.1 Å². The Morgan fingerprint density at radius 2 is 1.74 bits per heavy atom. The average Bonchev–Trinajstić information content (AvgIpc) is 2.52. The van der Waals surface area contributed by atoms with Crippen LogP contribution in [0.5, 0.6) is 0 Å². The quantitative estimate of drug-likeness (QED) is 0.823. The summed E-state index contributed by atoms with van der Waals surface area (Å²) in [5.41, 5.74) is 1.13. The zero-order valence-corrected chi connectivity index (χ0v) is 12.5. The molecule has 19 heavy (non-hydrogen) atoms. The Labute approximate surface area is 115 Å². The highest BCUT2D eigenvalue weighted by Crippen LogP contribution is 2.29. The molecule has 4 heteroatoms. The van der Waals surface area contributed by atoms with Crippen LogP contribution in [0.2, 0.25) is 0 Å². The number of aryl methyl sites for hydroxylation is 1. The second-order valence-electron chi connectivity index (χ2n) is 6.52. The van der Waals surface area contributed by atoms with Crippen LogP contribution in [0.3, 0.4) is 0 Å². The molecule has 0 atom stereocenters. The largest absolute Gasteiger partial charge is 0.388 e. The summed E-state index contributed by atoms with van der Waals surface area (Å²) < 4.78 is 0. The minimum Gasteiger partial charge on any atom is -0.388 e. The molecule has 0 saturated carbocycles. The van der Waals surface area contributed by atoms with Gasteiger partial charge in [-0.1, -0.05) is 6.42 Å². The molecule has 1 aliphatic carbocycles. The predicted octanol–water partition coefficient (Wildman–Crippen LogP) is 2.71. The molecule has 0 fully saturated rings. The van der Waals surface area contributed by atoms with Crippen LogP contribution in [0.4, 0.5) is 5.82 Å². The molecule has 0 aliphatic heterocycles. The number of nitrogens with one attached hydrogen (secondary N) is 1. The maximum atomic E-state index is 10.3. The Morgan fingerprint density at radius 1 is 1.05 bits per heavy atom. The number of rotatable bonds is 3. The van der Waals surface area contributed by atoms with Crippen LogP contribution >= 0.6 is 0 Å². The molecule has 0 amide bonds. The molecule has 1 aliphatic rings. The summed E-state index contributed by atoms with van der Waals surface area (Å²) in [6.45, 7) is 7.64. The van der Waals surface area contributed by atoms with E-state index >= 15 is 0 Å². The summed E-state index contributed by atoms with van der Waals surface area (Å²) >= 11 is 0. The van der Waals surface area contributed by atoms with Gasteiger partial charge in [0, 0.05) is 11.3 Å². The third kappa shape index (κ3) is 3.06. The number of aromatic nitrogens is 2. The molecular weight excluding hydrogens is 238 g/mol. The average molecular weight is 263 g/mol. The van der Waals surface area contributed by atoms with Gasteiger partial charge in [-0.15, -0.1) is 0 Å².